The molecular weight excluding hydrogens is 354 g/mol. The summed E-state index contributed by atoms with van der Waals surface area (Å²) in [6.45, 7) is 4.25. The summed E-state index contributed by atoms with van der Waals surface area (Å²) in [5.41, 5.74) is 0.878. The Morgan fingerprint density at radius 1 is 1.19 bits per heavy atom. The zero-order valence-electron chi connectivity index (χ0n) is 14.9. The molecule has 138 valence electrons. The highest BCUT2D eigenvalue weighted by Crippen LogP contribution is 2.40. The van der Waals surface area contributed by atoms with Crippen LogP contribution in [0.3, 0.4) is 0 Å². The predicted octanol–water partition coefficient (Wildman–Crippen LogP) is 2.51. The average molecular weight is 376 g/mol. The molecule has 0 atom stereocenters. The van der Waals surface area contributed by atoms with Gasteiger partial charge in [0.1, 0.15) is 29.6 Å². The van der Waals surface area contributed by atoms with Crippen molar-refractivity contribution in [2.75, 3.05) is 44.8 Å². The Morgan fingerprint density at radius 3 is 2.81 bits per heavy atom. The number of rotatable bonds is 3. The van der Waals surface area contributed by atoms with Gasteiger partial charge in [-0.05, 0) is 38.8 Å². The topological polar surface area (TPSA) is 63.6 Å². The van der Waals surface area contributed by atoms with Crippen molar-refractivity contribution >= 4 is 28.3 Å². The molecule has 2 fully saturated rings. The van der Waals surface area contributed by atoms with Crippen molar-refractivity contribution < 1.29 is 9.47 Å². The second kappa shape index (κ2) is 6.09. The maximum absolute atomic E-state index is 6.16. The fourth-order valence-electron chi connectivity index (χ4n) is 4.54. The molecule has 2 saturated heterocycles. The summed E-state index contributed by atoms with van der Waals surface area (Å²) in [6, 6.07) is 2.15. The predicted molar refractivity (Wildman–Crippen MR) is 99.4 cm³/mol. The molecule has 3 aliphatic heterocycles. The van der Waals surface area contributed by atoms with Gasteiger partial charge in [0.25, 0.3) is 0 Å². The van der Waals surface area contributed by atoms with E-state index >= 15 is 0 Å². The molecule has 26 heavy (non-hydrogen) atoms. The highest BCUT2D eigenvalue weighted by atomic mass is 35.5. The monoisotopic (exact) mass is 375 g/mol. The third-order valence-electron chi connectivity index (χ3n) is 5.88. The number of anilines is 1. The normalized spacial score (nSPS) is 21.5. The molecule has 0 spiro atoms. The fourth-order valence-corrected chi connectivity index (χ4v) is 4.72. The van der Waals surface area contributed by atoms with Gasteiger partial charge in [0.05, 0.1) is 17.6 Å². The van der Waals surface area contributed by atoms with Gasteiger partial charge in [-0.2, -0.15) is 9.97 Å². The first-order chi connectivity index (χ1) is 12.6. The van der Waals surface area contributed by atoms with E-state index in [9.17, 15) is 0 Å². The van der Waals surface area contributed by atoms with E-state index in [-0.39, 0.29) is 5.54 Å². The van der Waals surface area contributed by atoms with Crippen molar-refractivity contribution in [1.29, 1.82) is 0 Å². The van der Waals surface area contributed by atoms with Crippen molar-refractivity contribution in [1.82, 2.24) is 19.9 Å². The number of hydrogen-bond donors (Lipinski definition) is 0. The summed E-state index contributed by atoms with van der Waals surface area (Å²) in [6.07, 6.45) is 4.89. The molecule has 0 aliphatic carbocycles. The van der Waals surface area contributed by atoms with Crippen LogP contribution in [0, 0.1) is 0 Å². The Bertz CT molecular complexity index is 851. The number of aromatic nitrogens is 3. The minimum atomic E-state index is 0.169. The molecule has 7 nitrogen and oxygen atoms in total. The van der Waals surface area contributed by atoms with Gasteiger partial charge in [0, 0.05) is 13.1 Å². The minimum absolute atomic E-state index is 0.169. The number of hydrogen-bond acceptors (Lipinski definition) is 7. The molecule has 8 heteroatoms. The number of pyridine rings is 1. The lowest BCUT2D eigenvalue weighted by atomic mass is 9.95. The van der Waals surface area contributed by atoms with Gasteiger partial charge in [-0.1, -0.05) is 11.6 Å². The van der Waals surface area contributed by atoms with E-state index in [0.717, 1.165) is 17.7 Å². The molecule has 2 aromatic heterocycles. The maximum atomic E-state index is 6.16. The summed E-state index contributed by atoms with van der Waals surface area (Å²) >= 11 is 6.16. The number of nitrogens with zero attached hydrogens (tertiary/aromatic N) is 5. The van der Waals surface area contributed by atoms with Gasteiger partial charge >= 0.3 is 6.01 Å². The molecule has 5 heterocycles. The van der Waals surface area contributed by atoms with Gasteiger partial charge in [0.2, 0.25) is 5.88 Å². The number of fused-ring (bicyclic) bond motifs is 1. The van der Waals surface area contributed by atoms with Crippen molar-refractivity contribution in [3.05, 3.63) is 11.2 Å². The lowest BCUT2D eigenvalue weighted by Crippen LogP contribution is -2.43. The molecule has 0 N–H and O–H groups in total. The van der Waals surface area contributed by atoms with Crippen LogP contribution >= 0.6 is 11.6 Å². The molecule has 5 rings (SSSR count). The van der Waals surface area contributed by atoms with Gasteiger partial charge in [-0.3, -0.25) is 4.90 Å². The van der Waals surface area contributed by atoms with Crippen LogP contribution in [0.15, 0.2) is 6.07 Å². The van der Waals surface area contributed by atoms with Gasteiger partial charge in [-0.15, -0.1) is 0 Å². The number of ether oxygens (including phenoxy) is 2. The Balaban J connectivity index is 1.51. The summed E-state index contributed by atoms with van der Waals surface area (Å²) < 4.78 is 11.9. The first-order valence-corrected chi connectivity index (χ1v) is 9.63. The van der Waals surface area contributed by atoms with Crippen molar-refractivity contribution in [2.45, 2.75) is 31.2 Å². The van der Waals surface area contributed by atoms with Crippen LogP contribution in [-0.4, -0.2) is 65.3 Å². The Kier molecular flexibility index (Phi) is 3.83. The summed E-state index contributed by atoms with van der Waals surface area (Å²) in [5, 5.41) is 1.16. The lowest BCUT2D eigenvalue weighted by Gasteiger charge is -2.31. The van der Waals surface area contributed by atoms with E-state index in [1.165, 1.54) is 38.8 Å². The molecule has 0 radical (unpaired) electrons. The second-order valence-corrected chi connectivity index (χ2v) is 7.84. The van der Waals surface area contributed by atoms with Gasteiger partial charge < -0.3 is 14.4 Å². The highest BCUT2D eigenvalue weighted by Gasteiger charge is 2.45. The van der Waals surface area contributed by atoms with Crippen LogP contribution < -0.4 is 14.4 Å². The van der Waals surface area contributed by atoms with E-state index in [1.807, 2.05) is 7.05 Å². The van der Waals surface area contributed by atoms with Crippen molar-refractivity contribution in [3.63, 3.8) is 0 Å². The zero-order valence-corrected chi connectivity index (χ0v) is 15.6. The molecule has 0 aromatic carbocycles. The van der Waals surface area contributed by atoms with Crippen LogP contribution in [0.25, 0.3) is 10.9 Å². The lowest BCUT2D eigenvalue weighted by molar-refractivity contribution is 0.108. The third-order valence-corrected chi connectivity index (χ3v) is 6.08. The van der Waals surface area contributed by atoms with E-state index in [4.69, 9.17) is 21.1 Å². The summed E-state index contributed by atoms with van der Waals surface area (Å²) in [5.74, 6) is 1.28. The molecule has 0 amide bonds. The highest BCUT2D eigenvalue weighted by molar-refractivity contribution is 6.30. The van der Waals surface area contributed by atoms with E-state index < -0.39 is 0 Å². The molecule has 0 saturated carbocycles. The Labute approximate surface area is 157 Å². The number of halogens is 1. The Morgan fingerprint density at radius 2 is 2.00 bits per heavy atom. The molecule has 0 bridgehead atoms. The van der Waals surface area contributed by atoms with Crippen molar-refractivity contribution in [2.24, 2.45) is 0 Å². The molecule has 2 aromatic rings. The zero-order chi connectivity index (χ0) is 17.7. The second-order valence-electron chi connectivity index (χ2n) is 7.45. The minimum Gasteiger partial charge on any atom is -0.475 e. The maximum Gasteiger partial charge on any atom is 0.319 e. The van der Waals surface area contributed by atoms with E-state index in [0.29, 0.717) is 35.8 Å². The molecule has 0 unspecified atom stereocenters. The quantitative estimate of drug-likeness (QED) is 0.764. The van der Waals surface area contributed by atoms with Crippen LogP contribution in [0.5, 0.6) is 11.9 Å². The van der Waals surface area contributed by atoms with Crippen molar-refractivity contribution in [3.8, 4) is 11.9 Å². The Hall–Kier alpha value is -1.86. The first kappa shape index (κ1) is 16.3. The van der Waals surface area contributed by atoms with E-state index in [1.54, 1.807) is 6.07 Å². The van der Waals surface area contributed by atoms with Gasteiger partial charge in [-0.25, -0.2) is 4.98 Å². The SMILES string of the molecule is CN1CCOc2nc(Cl)cc3nc(OCC45CCCN4CCC5)nc1c23. The summed E-state index contributed by atoms with van der Waals surface area (Å²) in [4.78, 5) is 18.2. The number of likely N-dealkylation sites (N-methyl/N-ethyl adjacent to an activating group) is 1. The first-order valence-electron chi connectivity index (χ1n) is 9.25. The third kappa shape index (κ3) is 2.56. The largest absolute Gasteiger partial charge is 0.475 e. The van der Waals surface area contributed by atoms with Gasteiger partial charge in [0.15, 0.2) is 0 Å². The average Bonchev–Trinajstić information content (AvgIpc) is 3.14. The smallest absolute Gasteiger partial charge is 0.319 e. The van der Waals surface area contributed by atoms with Crippen LogP contribution in [0.4, 0.5) is 5.82 Å². The van der Waals surface area contributed by atoms with Crippen LogP contribution in [-0.2, 0) is 0 Å². The summed E-state index contributed by atoms with van der Waals surface area (Å²) in [7, 11) is 1.99. The standard InChI is InChI=1S/C18H22ClN5O2/c1-23-8-9-25-16-14-12(10-13(19)21-16)20-17(22-15(14)23)26-11-18-4-2-6-24(18)7-3-5-18/h10H,2-9,11H2,1H3. The fraction of sp³-hybridized carbons (Fsp3) is 0.611. The van der Waals surface area contributed by atoms with Crippen LogP contribution in [0.1, 0.15) is 25.7 Å². The van der Waals surface area contributed by atoms with Crippen LogP contribution in [0.2, 0.25) is 5.15 Å². The molecular formula is C18H22ClN5O2. The van der Waals surface area contributed by atoms with E-state index in [2.05, 4.69) is 24.8 Å². The molecule has 3 aliphatic rings.